The second-order valence-corrected chi connectivity index (χ2v) is 2.75. The third-order valence-electron chi connectivity index (χ3n) is 1.91. The summed E-state index contributed by atoms with van der Waals surface area (Å²) in [6.07, 6.45) is 4.43. The molecule has 1 aromatic heterocycles. The monoisotopic (exact) mass is 168 g/mol. The van der Waals surface area contributed by atoms with Gasteiger partial charge in [0.25, 0.3) is 0 Å². The quantitative estimate of drug-likeness (QED) is 0.708. The van der Waals surface area contributed by atoms with Crippen LogP contribution in [0.25, 0.3) is 0 Å². The minimum atomic E-state index is 0.437. The molecule has 68 valence electrons. The fraction of sp³-hybridized carbons (Fsp3) is 0.750. The van der Waals surface area contributed by atoms with E-state index in [0.29, 0.717) is 6.04 Å². The summed E-state index contributed by atoms with van der Waals surface area (Å²) in [4.78, 5) is 3.92. The summed E-state index contributed by atoms with van der Waals surface area (Å²) in [6.45, 7) is 6.24. The van der Waals surface area contributed by atoms with E-state index >= 15 is 0 Å². The maximum absolute atomic E-state index is 4.11. The molecule has 0 fully saturated rings. The van der Waals surface area contributed by atoms with E-state index in [1.54, 1.807) is 12.7 Å². The number of nitrogens with zero attached hydrogens (tertiary/aromatic N) is 3. The summed E-state index contributed by atoms with van der Waals surface area (Å²) in [5.41, 5.74) is 0. The fourth-order valence-corrected chi connectivity index (χ4v) is 1.14. The first-order chi connectivity index (χ1) is 5.88. The van der Waals surface area contributed by atoms with Gasteiger partial charge in [-0.2, -0.15) is 5.10 Å². The van der Waals surface area contributed by atoms with Crippen molar-refractivity contribution in [3.8, 4) is 0 Å². The summed E-state index contributed by atoms with van der Waals surface area (Å²) in [5.74, 6) is 0. The normalized spacial score (nSPS) is 13.2. The van der Waals surface area contributed by atoms with Crippen molar-refractivity contribution in [3.63, 3.8) is 0 Å². The molecule has 0 saturated heterocycles. The van der Waals surface area contributed by atoms with E-state index in [1.165, 1.54) is 0 Å². The molecule has 1 rings (SSSR count). The van der Waals surface area contributed by atoms with Crippen molar-refractivity contribution < 1.29 is 0 Å². The van der Waals surface area contributed by atoms with Crippen molar-refractivity contribution >= 4 is 0 Å². The number of likely N-dealkylation sites (N-methyl/N-ethyl adjacent to an activating group) is 1. The first-order valence-corrected chi connectivity index (χ1v) is 4.43. The third kappa shape index (κ3) is 2.30. The largest absolute Gasteiger partial charge is 0.315 e. The Morgan fingerprint density at radius 2 is 2.33 bits per heavy atom. The van der Waals surface area contributed by atoms with Gasteiger partial charge in [0.1, 0.15) is 12.7 Å². The zero-order valence-electron chi connectivity index (χ0n) is 7.70. The maximum atomic E-state index is 4.11. The molecule has 12 heavy (non-hydrogen) atoms. The molecule has 1 heterocycles. The highest BCUT2D eigenvalue weighted by molar-refractivity contribution is 4.69. The van der Waals surface area contributed by atoms with Crippen LogP contribution in [-0.4, -0.2) is 27.9 Å². The molecular weight excluding hydrogens is 152 g/mol. The van der Waals surface area contributed by atoms with Gasteiger partial charge in [0, 0.05) is 6.54 Å². The molecule has 0 aliphatic carbocycles. The van der Waals surface area contributed by atoms with Crippen LogP contribution in [0.1, 0.15) is 26.3 Å². The molecule has 4 nitrogen and oxygen atoms in total. The van der Waals surface area contributed by atoms with Crippen molar-refractivity contribution in [2.75, 3.05) is 13.1 Å². The summed E-state index contributed by atoms with van der Waals surface area (Å²) in [6, 6.07) is 0.437. The van der Waals surface area contributed by atoms with Crippen LogP contribution in [0.3, 0.4) is 0 Å². The molecule has 1 atom stereocenters. The first-order valence-electron chi connectivity index (χ1n) is 4.43. The number of aromatic nitrogens is 3. The van der Waals surface area contributed by atoms with E-state index in [0.717, 1.165) is 19.5 Å². The van der Waals surface area contributed by atoms with E-state index in [-0.39, 0.29) is 0 Å². The van der Waals surface area contributed by atoms with Crippen molar-refractivity contribution in [1.82, 2.24) is 20.1 Å². The minimum absolute atomic E-state index is 0.437. The van der Waals surface area contributed by atoms with Gasteiger partial charge in [-0.1, -0.05) is 13.8 Å². The van der Waals surface area contributed by atoms with E-state index in [9.17, 15) is 0 Å². The molecule has 0 radical (unpaired) electrons. The zero-order chi connectivity index (χ0) is 8.81. The van der Waals surface area contributed by atoms with Gasteiger partial charge in [-0.3, -0.25) is 0 Å². The third-order valence-corrected chi connectivity index (χ3v) is 1.91. The van der Waals surface area contributed by atoms with Gasteiger partial charge in [0.2, 0.25) is 0 Å². The molecule has 0 aliphatic rings. The number of rotatable bonds is 5. The van der Waals surface area contributed by atoms with Crippen LogP contribution in [0.2, 0.25) is 0 Å². The van der Waals surface area contributed by atoms with Crippen LogP contribution in [0.5, 0.6) is 0 Å². The molecule has 1 aromatic rings. The smallest absolute Gasteiger partial charge is 0.137 e. The fourth-order valence-electron chi connectivity index (χ4n) is 1.14. The number of hydrogen-bond donors (Lipinski definition) is 1. The first kappa shape index (κ1) is 9.19. The van der Waals surface area contributed by atoms with Crippen LogP contribution in [0.15, 0.2) is 12.7 Å². The highest BCUT2D eigenvalue weighted by atomic mass is 15.3. The van der Waals surface area contributed by atoms with E-state index in [4.69, 9.17) is 0 Å². The second kappa shape index (κ2) is 4.87. The summed E-state index contributed by atoms with van der Waals surface area (Å²) in [7, 11) is 0. The molecule has 0 amide bonds. The number of hydrogen-bond acceptors (Lipinski definition) is 3. The topological polar surface area (TPSA) is 42.7 Å². The molecule has 1 N–H and O–H groups in total. The highest BCUT2D eigenvalue weighted by Crippen LogP contribution is 2.06. The lowest BCUT2D eigenvalue weighted by Gasteiger charge is -2.14. The molecule has 0 aliphatic heterocycles. The molecular formula is C8H16N4. The molecule has 4 heteroatoms. The molecule has 0 bridgehead atoms. The Hall–Kier alpha value is -0.900. The van der Waals surface area contributed by atoms with E-state index in [2.05, 4.69) is 29.2 Å². The van der Waals surface area contributed by atoms with Crippen LogP contribution >= 0.6 is 0 Å². The van der Waals surface area contributed by atoms with Gasteiger partial charge in [-0.25, -0.2) is 9.67 Å². The van der Waals surface area contributed by atoms with Crippen molar-refractivity contribution in [2.24, 2.45) is 0 Å². The summed E-state index contributed by atoms with van der Waals surface area (Å²) < 4.78 is 1.91. The van der Waals surface area contributed by atoms with Gasteiger partial charge in [0.15, 0.2) is 0 Å². The number of nitrogens with one attached hydrogen (secondary N) is 1. The van der Waals surface area contributed by atoms with E-state index in [1.807, 2.05) is 4.68 Å². The molecule has 1 unspecified atom stereocenters. The highest BCUT2D eigenvalue weighted by Gasteiger charge is 2.06. The predicted octanol–water partition coefficient (Wildman–Crippen LogP) is 0.839. The lowest BCUT2D eigenvalue weighted by molar-refractivity contribution is 0.415. The Kier molecular flexibility index (Phi) is 3.73. The Labute approximate surface area is 73.0 Å². The standard InChI is InChI=1S/C8H16N4/c1-3-8(5-9-4-2)12-7-10-6-11-12/h6-9H,3-5H2,1-2H3. The van der Waals surface area contributed by atoms with Gasteiger partial charge in [-0.05, 0) is 13.0 Å². The lowest BCUT2D eigenvalue weighted by atomic mass is 10.2. The van der Waals surface area contributed by atoms with Crippen molar-refractivity contribution in [1.29, 1.82) is 0 Å². The van der Waals surface area contributed by atoms with Crippen LogP contribution in [-0.2, 0) is 0 Å². The summed E-state index contributed by atoms with van der Waals surface area (Å²) in [5, 5.41) is 7.40. The van der Waals surface area contributed by atoms with Gasteiger partial charge in [0.05, 0.1) is 6.04 Å². The lowest BCUT2D eigenvalue weighted by Crippen LogP contribution is -2.25. The average Bonchev–Trinajstić information content (AvgIpc) is 2.59. The van der Waals surface area contributed by atoms with Crippen LogP contribution < -0.4 is 5.32 Å². The maximum Gasteiger partial charge on any atom is 0.137 e. The Bertz CT molecular complexity index is 195. The van der Waals surface area contributed by atoms with Gasteiger partial charge >= 0.3 is 0 Å². The van der Waals surface area contributed by atoms with Crippen molar-refractivity contribution in [3.05, 3.63) is 12.7 Å². The Morgan fingerprint density at radius 1 is 1.50 bits per heavy atom. The minimum Gasteiger partial charge on any atom is -0.315 e. The van der Waals surface area contributed by atoms with Crippen LogP contribution in [0, 0.1) is 0 Å². The van der Waals surface area contributed by atoms with E-state index < -0.39 is 0 Å². The van der Waals surface area contributed by atoms with Crippen LogP contribution in [0.4, 0.5) is 0 Å². The Morgan fingerprint density at radius 3 is 2.83 bits per heavy atom. The van der Waals surface area contributed by atoms with Gasteiger partial charge < -0.3 is 5.32 Å². The molecule has 0 saturated carbocycles. The molecule has 0 aromatic carbocycles. The zero-order valence-corrected chi connectivity index (χ0v) is 7.70. The Balaban J connectivity index is 2.45. The van der Waals surface area contributed by atoms with Gasteiger partial charge in [-0.15, -0.1) is 0 Å². The van der Waals surface area contributed by atoms with Crippen molar-refractivity contribution in [2.45, 2.75) is 26.3 Å². The average molecular weight is 168 g/mol. The SMILES string of the molecule is CCNCC(CC)n1cncn1. The predicted molar refractivity (Wildman–Crippen MR) is 47.9 cm³/mol. The summed E-state index contributed by atoms with van der Waals surface area (Å²) >= 11 is 0. The molecule has 0 spiro atoms. The second-order valence-electron chi connectivity index (χ2n) is 2.75.